The van der Waals surface area contributed by atoms with Crippen LogP contribution in [0.2, 0.25) is 0 Å². The molecule has 1 aliphatic rings. The Kier molecular flexibility index (Phi) is 6.15. The molecule has 0 bridgehead atoms. The van der Waals surface area contributed by atoms with Crippen LogP contribution in [0, 0.1) is 6.92 Å². The molecule has 3 heterocycles. The first kappa shape index (κ1) is 21.6. The van der Waals surface area contributed by atoms with E-state index in [0.717, 1.165) is 31.6 Å². The molecule has 0 aliphatic carbocycles. The molecule has 1 saturated heterocycles. The topological polar surface area (TPSA) is 52.2 Å². The monoisotopic (exact) mass is 418 g/mol. The van der Waals surface area contributed by atoms with E-state index in [2.05, 4.69) is 54.1 Å². The van der Waals surface area contributed by atoms with Gasteiger partial charge in [-0.1, -0.05) is 19.9 Å². The maximum Gasteiger partial charge on any atom is 0.236 e. The third-order valence-corrected chi connectivity index (χ3v) is 6.40. The average Bonchev–Trinajstić information content (AvgIpc) is 3.12. The van der Waals surface area contributed by atoms with E-state index in [-0.39, 0.29) is 5.91 Å². The summed E-state index contributed by atoms with van der Waals surface area (Å²) in [4.78, 5) is 24.4. The molecule has 0 saturated carbocycles. The highest BCUT2D eigenvalue weighted by atomic mass is 16.2. The van der Waals surface area contributed by atoms with E-state index >= 15 is 0 Å². The van der Waals surface area contributed by atoms with Gasteiger partial charge in [0.25, 0.3) is 0 Å². The summed E-state index contributed by atoms with van der Waals surface area (Å²) in [5, 5.41) is 1.32. The van der Waals surface area contributed by atoms with Gasteiger partial charge in [-0.05, 0) is 81.1 Å². The van der Waals surface area contributed by atoms with E-state index in [4.69, 9.17) is 0 Å². The third kappa shape index (κ3) is 4.52. The summed E-state index contributed by atoms with van der Waals surface area (Å²) < 4.78 is 0. The number of benzene rings is 1. The second-order valence-corrected chi connectivity index (χ2v) is 9.45. The van der Waals surface area contributed by atoms with Crippen LogP contribution in [0.5, 0.6) is 0 Å². The Morgan fingerprint density at radius 2 is 1.94 bits per heavy atom. The normalized spacial score (nSPS) is 15.4. The average molecular weight is 419 g/mol. The lowest BCUT2D eigenvalue weighted by Crippen LogP contribution is -2.42. The second kappa shape index (κ2) is 8.83. The van der Waals surface area contributed by atoms with Crippen LogP contribution in [0.4, 0.5) is 0 Å². The van der Waals surface area contributed by atoms with Gasteiger partial charge in [0, 0.05) is 41.4 Å². The standard InChI is InChI=1S/C26H34N4O/c1-17(2)25-22-15-20(19-9-12-30(13-10-19)24(31)16-29(4)5)6-7-23(22)28-26(25)21-8-11-27-18(3)14-21/h6-8,11,14-15,17,19,28H,9-10,12-13,16H2,1-5H3. The van der Waals surface area contributed by atoms with Crippen molar-refractivity contribution in [2.75, 3.05) is 33.7 Å². The molecule has 0 radical (unpaired) electrons. The molecule has 3 aromatic rings. The molecule has 31 heavy (non-hydrogen) atoms. The van der Waals surface area contributed by atoms with Crippen LogP contribution in [0.25, 0.3) is 22.2 Å². The zero-order valence-electron chi connectivity index (χ0n) is 19.4. The predicted octanol–water partition coefficient (Wildman–Crippen LogP) is 4.93. The lowest BCUT2D eigenvalue weighted by atomic mass is 9.87. The maximum atomic E-state index is 12.4. The lowest BCUT2D eigenvalue weighted by Gasteiger charge is -2.33. The first-order valence-electron chi connectivity index (χ1n) is 11.3. The fourth-order valence-electron chi connectivity index (χ4n) is 4.85. The lowest BCUT2D eigenvalue weighted by molar-refractivity contribution is -0.132. The molecule has 164 valence electrons. The number of amides is 1. The molecule has 1 fully saturated rings. The summed E-state index contributed by atoms with van der Waals surface area (Å²) in [6.45, 7) is 8.76. The number of hydrogen-bond donors (Lipinski definition) is 1. The summed E-state index contributed by atoms with van der Waals surface area (Å²) in [5.74, 6) is 1.16. The molecule has 1 amide bonds. The van der Waals surface area contributed by atoms with E-state index in [1.165, 1.54) is 33.3 Å². The molecule has 1 aliphatic heterocycles. The Balaban J connectivity index is 1.61. The van der Waals surface area contributed by atoms with Crippen LogP contribution in [0.15, 0.2) is 36.5 Å². The van der Waals surface area contributed by atoms with Crippen LogP contribution in [0.1, 0.15) is 55.3 Å². The number of nitrogens with zero attached hydrogens (tertiary/aromatic N) is 3. The zero-order chi connectivity index (χ0) is 22.1. The van der Waals surface area contributed by atoms with Gasteiger partial charge in [0.2, 0.25) is 5.91 Å². The molecule has 2 aromatic heterocycles. The smallest absolute Gasteiger partial charge is 0.236 e. The number of fused-ring (bicyclic) bond motifs is 1. The number of piperidine rings is 1. The van der Waals surface area contributed by atoms with Crippen molar-refractivity contribution in [2.24, 2.45) is 0 Å². The van der Waals surface area contributed by atoms with E-state index in [1.807, 2.05) is 37.0 Å². The van der Waals surface area contributed by atoms with Crippen LogP contribution in [0.3, 0.4) is 0 Å². The fourth-order valence-corrected chi connectivity index (χ4v) is 4.85. The molecule has 5 nitrogen and oxygen atoms in total. The highest BCUT2D eigenvalue weighted by molar-refractivity contribution is 5.92. The Bertz CT molecular complexity index is 1070. The van der Waals surface area contributed by atoms with Gasteiger partial charge in [-0.3, -0.25) is 9.78 Å². The molecule has 1 N–H and O–H groups in total. The van der Waals surface area contributed by atoms with Crippen molar-refractivity contribution in [3.05, 3.63) is 53.3 Å². The molecular formula is C26H34N4O. The Morgan fingerprint density at radius 3 is 2.58 bits per heavy atom. The number of rotatable bonds is 5. The predicted molar refractivity (Wildman–Crippen MR) is 127 cm³/mol. The van der Waals surface area contributed by atoms with Gasteiger partial charge in [0.15, 0.2) is 0 Å². The Morgan fingerprint density at radius 1 is 1.19 bits per heavy atom. The SMILES string of the molecule is Cc1cc(-c2[nH]c3ccc(C4CCN(C(=O)CN(C)C)CC4)cc3c2C(C)C)ccn1. The van der Waals surface area contributed by atoms with Crippen molar-refractivity contribution in [1.82, 2.24) is 19.8 Å². The first-order chi connectivity index (χ1) is 14.8. The number of pyridine rings is 1. The van der Waals surface area contributed by atoms with Crippen molar-refractivity contribution in [1.29, 1.82) is 0 Å². The van der Waals surface area contributed by atoms with Gasteiger partial charge >= 0.3 is 0 Å². The number of aromatic nitrogens is 2. The van der Waals surface area contributed by atoms with Gasteiger partial charge in [0.1, 0.15) is 0 Å². The summed E-state index contributed by atoms with van der Waals surface area (Å²) in [6.07, 6.45) is 3.95. The van der Waals surface area contributed by atoms with Gasteiger partial charge in [-0.2, -0.15) is 0 Å². The summed E-state index contributed by atoms with van der Waals surface area (Å²) in [5.41, 5.74) is 7.39. The molecule has 5 heteroatoms. The van der Waals surface area contributed by atoms with Crippen molar-refractivity contribution in [2.45, 2.75) is 45.4 Å². The zero-order valence-corrected chi connectivity index (χ0v) is 19.4. The minimum Gasteiger partial charge on any atom is -0.354 e. The van der Waals surface area contributed by atoms with Crippen molar-refractivity contribution in [3.63, 3.8) is 0 Å². The van der Waals surface area contributed by atoms with Crippen molar-refractivity contribution in [3.8, 4) is 11.3 Å². The van der Waals surface area contributed by atoms with E-state index < -0.39 is 0 Å². The van der Waals surface area contributed by atoms with Crippen molar-refractivity contribution >= 4 is 16.8 Å². The number of likely N-dealkylation sites (tertiary alicyclic amines) is 1. The van der Waals surface area contributed by atoms with Crippen molar-refractivity contribution < 1.29 is 4.79 Å². The quantitative estimate of drug-likeness (QED) is 0.639. The summed E-state index contributed by atoms with van der Waals surface area (Å²) in [7, 11) is 3.90. The molecule has 0 unspecified atom stereocenters. The third-order valence-electron chi connectivity index (χ3n) is 6.40. The van der Waals surface area contributed by atoms with Gasteiger partial charge in [-0.15, -0.1) is 0 Å². The minimum absolute atomic E-state index is 0.240. The number of hydrogen-bond acceptors (Lipinski definition) is 3. The molecule has 0 spiro atoms. The van der Waals surface area contributed by atoms with Crippen LogP contribution in [-0.4, -0.2) is 59.4 Å². The Labute approximate surface area is 185 Å². The highest BCUT2D eigenvalue weighted by Gasteiger charge is 2.25. The van der Waals surface area contributed by atoms with Crippen LogP contribution < -0.4 is 0 Å². The van der Waals surface area contributed by atoms with Gasteiger partial charge in [0.05, 0.1) is 12.2 Å². The minimum atomic E-state index is 0.240. The maximum absolute atomic E-state index is 12.4. The van der Waals surface area contributed by atoms with Gasteiger partial charge in [-0.25, -0.2) is 0 Å². The van der Waals surface area contributed by atoms with E-state index in [0.29, 0.717) is 18.4 Å². The van der Waals surface area contributed by atoms with E-state index in [9.17, 15) is 4.79 Å². The number of aromatic amines is 1. The molecule has 4 rings (SSSR count). The second-order valence-electron chi connectivity index (χ2n) is 9.45. The van der Waals surface area contributed by atoms with Crippen LogP contribution in [-0.2, 0) is 4.79 Å². The molecule has 0 atom stereocenters. The Hall–Kier alpha value is -2.66. The molecule has 1 aromatic carbocycles. The number of carbonyl (C=O) groups excluding carboxylic acids is 1. The summed E-state index contributed by atoms with van der Waals surface area (Å²) >= 11 is 0. The number of likely N-dealkylation sites (N-methyl/N-ethyl adjacent to an activating group) is 1. The van der Waals surface area contributed by atoms with Crippen LogP contribution >= 0.6 is 0 Å². The van der Waals surface area contributed by atoms with E-state index in [1.54, 1.807) is 0 Å². The number of nitrogens with one attached hydrogen (secondary N) is 1. The first-order valence-corrected chi connectivity index (χ1v) is 11.3. The number of aryl methyl sites for hydroxylation is 1. The molecular weight excluding hydrogens is 384 g/mol. The number of carbonyl (C=O) groups is 1. The number of H-pyrrole nitrogens is 1. The largest absolute Gasteiger partial charge is 0.354 e. The van der Waals surface area contributed by atoms with Gasteiger partial charge < -0.3 is 14.8 Å². The fraction of sp³-hybridized carbons (Fsp3) is 0.462. The highest BCUT2D eigenvalue weighted by Crippen LogP contribution is 2.38. The summed E-state index contributed by atoms with van der Waals surface area (Å²) in [6, 6.07) is 11.1.